The molecule has 0 bridgehead atoms. The summed E-state index contributed by atoms with van der Waals surface area (Å²) in [5.74, 6) is 0.430. The third-order valence-corrected chi connectivity index (χ3v) is 3.75. The van der Waals surface area contributed by atoms with Gasteiger partial charge in [-0.25, -0.2) is 0 Å². The van der Waals surface area contributed by atoms with E-state index in [1.807, 2.05) is 0 Å². The van der Waals surface area contributed by atoms with Crippen molar-refractivity contribution in [3.63, 3.8) is 0 Å². The summed E-state index contributed by atoms with van der Waals surface area (Å²) in [6.45, 7) is 5.60. The van der Waals surface area contributed by atoms with Gasteiger partial charge in [0.05, 0.1) is 6.07 Å². The van der Waals surface area contributed by atoms with Gasteiger partial charge in [-0.2, -0.15) is 5.26 Å². The van der Waals surface area contributed by atoms with Gasteiger partial charge < -0.3 is 10.1 Å². The molecule has 1 saturated carbocycles. The molecule has 0 atom stereocenters. The first-order chi connectivity index (χ1) is 7.85. The minimum absolute atomic E-state index is 0.212. The molecule has 96 valence electrons. The zero-order valence-electron chi connectivity index (χ0n) is 11.2. The van der Waals surface area contributed by atoms with Crippen LogP contribution in [0, 0.1) is 17.2 Å². The molecule has 1 N–H and O–H groups in total. The Balaban J connectivity index is 2.71. The molecule has 0 radical (unpaired) electrons. The van der Waals surface area contributed by atoms with Crippen molar-refractivity contribution in [1.82, 2.24) is 5.32 Å². The number of nitrogens with zero attached hydrogens (tertiary/aromatic N) is 1. The van der Waals surface area contributed by atoms with Crippen molar-refractivity contribution in [2.75, 3.05) is 7.11 Å². The molecule has 0 unspecified atom stereocenters. The Morgan fingerprint density at radius 3 is 2.41 bits per heavy atom. The Morgan fingerprint density at radius 1 is 1.47 bits per heavy atom. The molecule has 4 nitrogen and oxygen atoms in total. The highest BCUT2D eigenvalue weighted by Gasteiger charge is 2.39. The van der Waals surface area contributed by atoms with Crippen LogP contribution in [0.4, 0.5) is 0 Å². The number of hydrogen-bond acceptors (Lipinski definition) is 3. The summed E-state index contributed by atoms with van der Waals surface area (Å²) in [6, 6.07) is 2.28. The van der Waals surface area contributed by atoms with Crippen molar-refractivity contribution < 1.29 is 9.53 Å². The fourth-order valence-corrected chi connectivity index (χ4v) is 1.98. The van der Waals surface area contributed by atoms with Gasteiger partial charge in [-0.15, -0.1) is 0 Å². The number of hydrogen-bond donors (Lipinski definition) is 1. The van der Waals surface area contributed by atoms with Crippen LogP contribution in [0.25, 0.3) is 0 Å². The molecular weight excluding hydrogens is 216 g/mol. The molecule has 0 aromatic heterocycles. The summed E-state index contributed by atoms with van der Waals surface area (Å²) in [7, 11) is 1.50. The fourth-order valence-electron chi connectivity index (χ4n) is 1.98. The summed E-state index contributed by atoms with van der Waals surface area (Å²) < 4.78 is 5.13. The Kier molecular flexibility index (Phi) is 4.16. The number of nitriles is 1. The Labute approximate surface area is 103 Å². The van der Waals surface area contributed by atoms with Gasteiger partial charge in [-0.05, 0) is 45.4 Å². The highest BCUT2D eigenvalue weighted by molar-refractivity contribution is 5.85. The van der Waals surface area contributed by atoms with E-state index in [0.29, 0.717) is 5.92 Å². The van der Waals surface area contributed by atoms with Crippen LogP contribution in [-0.4, -0.2) is 24.2 Å². The van der Waals surface area contributed by atoms with Gasteiger partial charge >= 0.3 is 0 Å². The van der Waals surface area contributed by atoms with E-state index in [4.69, 9.17) is 4.74 Å². The average molecular weight is 238 g/mol. The van der Waals surface area contributed by atoms with Gasteiger partial charge in [0.1, 0.15) is 11.1 Å². The first-order valence-electron chi connectivity index (χ1n) is 6.14. The molecule has 1 amide bonds. The van der Waals surface area contributed by atoms with E-state index in [-0.39, 0.29) is 5.91 Å². The quantitative estimate of drug-likeness (QED) is 0.818. The normalized spacial score (nSPS) is 29.5. The number of carbonyl (C=O) groups is 1. The molecule has 1 fully saturated rings. The Morgan fingerprint density at radius 2 is 2.00 bits per heavy atom. The van der Waals surface area contributed by atoms with Crippen LogP contribution < -0.4 is 5.32 Å². The third-order valence-electron chi connectivity index (χ3n) is 3.75. The molecule has 0 spiro atoms. The molecular formula is C13H22N2O2. The van der Waals surface area contributed by atoms with Crippen LogP contribution in [0.15, 0.2) is 0 Å². The zero-order chi connectivity index (χ0) is 13.1. The molecule has 4 heteroatoms. The van der Waals surface area contributed by atoms with Crippen molar-refractivity contribution in [3.05, 3.63) is 0 Å². The van der Waals surface area contributed by atoms with Gasteiger partial charge in [0.2, 0.25) is 0 Å². The first-order valence-corrected chi connectivity index (χ1v) is 6.14. The highest BCUT2D eigenvalue weighted by atomic mass is 16.5. The lowest BCUT2D eigenvalue weighted by Crippen LogP contribution is -2.55. The number of rotatable bonds is 3. The topological polar surface area (TPSA) is 62.1 Å². The van der Waals surface area contributed by atoms with Crippen LogP contribution in [-0.2, 0) is 9.53 Å². The number of methoxy groups -OCH3 is 1. The first kappa shape index (κ1) is 14.0. The smallest absolute Gasteiger partial charge is 0.252 e. The SMILES string of the molecule is COC(C)(C)C(=O)NC1(C#N)CCC(C)CC1. The summed E-state index contributed by atoms with van der Waals surface area (Å²) in [6.07, 6.45) is 3.44. The zero-order valence-corrected chi connectivity index (χ0v) is 11.2. The largest absolute Gasteiger partial charge is 0.369 e. The second-order valence-electron chi connectivity index (χ2n) is 5.54. The maximum Gasteiger partial charge on any atom is 0.252 e. The minimum atomic E-state index is -0.882. The standard InChI is InChI=1S/C13H22N2O2/c1-10-5-7-13(9-14,8-6-10)15-11(16)12(2,3)17-4/h10H,5-8H2,1-4H3,(H,15,16). The van der Waals surface area contributed by atoms with Crippen LogP contribution in [0.5, 0.6) is 0 Å². The van der Waals surface area contributed by atoms with Crippen molar-refractivity contribution in [3.8, 4) is 6.07 Å². The molecule has 0 aromatic carbocycles. The maximum atomic E-state index is 12.0. The molecule has 0 aliphatic heterocycles. The summed E-state index contributed by atoms with van der Waals surface area (Å²) in [5, 5.41) is 12.2. The average Bonchev–Trinajstić information content (AvgIpc) is 2.32. The summed E-state index contributed by atoms with van der Waals surface area (Å²) >= 11 is 0. The lowest BCUT2D eigenvalue weighted by molar-refractivity contribution is -0.141. The van der Waals surface area contributed by atoms with E-state index in [9.17, 15) is 10.1 Å². The maximum absolute atomic E-state index is 12.0. The molecule has 0 aromatic rings. The van der Waals surface area contributed by atoms with Crippen molar-refractivity contribution >= 4 is 5.91 Å². The Hall–Kier alpha value is -1.08. The molecule has 1 rings (SSSR count). The van der Waals surface area contributed by atoms with Gasteiger partial charge in [0.25, 0.3) is 5.91 Å². The summed E-state index contributed by atoms with van der Waals surface area (Å²) in [5.41, 5.74) is -1.58. The van der Waals surface area contributed by atoms with E-state index >= 15 is 0 Å². The van der Waals surface area contributed by atoms with Crippen molar-refractivity contribution in [2.45, 2.75) is 57.6 Å². The Bertz CT molecular complexity index is 323. The lowest BCUT2D eigenvalue weighted by Gasteiger charge is -2.36. The number of amides is 1. The molecule has 17 heavy (non-hydrogen) atoms. The highest BCUT2D eigenvalue weighted by Crippen LogP contribution is 2.31. The van der Waals surface area contributed by atoms with Gasteiger partial charge in [0, 0.05) is 7.11 Å². The molecule has 1 aliphatic carbocycles. The van der Waals surface area contributed by atoms with Gasteiger partial charge in [-0.3, -0.25) is 4.79 Å². The van der Waals surface area contributed by atoms with Gasteiger partial charge in [0.15, 0.2) is 0 Å². The number of carbonyl (C=O) groups excluding carboxylic acids is 1. The van der Waals surface area contributed by atoms with Crippen LogP contribution >= 0.6 is 0 Å². The molecule has 0 saturated heterocycles. The lowest BCUT2D eigenvalue weighted by atomic mass is 9.77. The second-order valence-corrected chi connectivity index (χ2v) is 5.54. The van der Waals surface area contributed by atoms with Crippen LogP contribution in [0.3, 0.4) is 0 Å². The van der Waals surface area contributed by atoms with Crippen molar-refractivity contribution in [2.24, 2.45) is 5.92 Å². The predicted octanol–water partition coefficient (Wildman–Crippen LogP) is 2.00. The van der Waals surface area contributed by atoms with E-state index in [0.717, 1.165) is 25.7 Å². The second kappa shape index (κ2) is 5.05. The minimum Gasteiger partial charge on any atom is -0.369 e. The van der Waals surface area contributed by atoms with E-state index in [1.54, 1.807) is 13.8 Å². The van der Waals surface area contributed by atoms with Crippen LogP contribution in [0.2, 0.25) is 0 Å². The number of nitrogens with one attached hydrogen (secondary N) is 1. The van der Waals surface area contributed by atoms with E-state index < -0.39 is 11.1 Å². The molecule has 1 aliphatic rings. The van der Waals surface area contributed by atoms with Crippen LogP contribution in [0.1, 0.15) is 46.5 Å². The third kappa shape index (κ3) is 3.19. The monoisotopic (exact) mass is 238 g/mol. The molecule has 0 heterocycles. The summed E-state index contributed by atoms with van der Waals surface area (Å²) in [4.78, 5) is 12.0. The van der Waals surface area contributed by atoms with E-state index in [2.05, 4.69) is 18.3 Å². The van der Waals surface area contributed by atoms with Gasteiger partial charge in [-0.1, -0.05) is 6.92 Å². The van der Waals surface area contributed by atoms with Crippen molar-refractivity contribution in [1.29, 1.82) is 5.26 Å². The number of ether oxygens (including phenoxy) is 1. The van der Waals surface area contributed by atoms with E-state index in [1.165, 1.54) is 7.11 Å². The predicted molar refractivity (Wildman–Crippen MR) is 65.2 cm³/mol. The fraction of sp³-hybridized carbons (Fsp3) is 0.846.